The van der Waals surface area contributed by atoms with Gasteiger partial charge in [0.25, 0.3) is 5.69 Å². The molecule has 0 radical (unpaired) electrons. The van der Waals surface area contributed by atoms with Crippen molar-refractivity contribution in [1.29, 1.82) is 0 Å². The van der Waals surface area contributed by atoms with Gasteiger partial charge in [0, 0.05) is 10.7 Å². The Bertz CT molecular complexity index is 422. The SMILES string of the molecule is c1ccc2c(c1)C[n+]1ncncc1-2. The van der Waals surface area contributed by atoms with E-state index in [0.29, 0.717) is 0 Å². The minimum atomic E-state index is 0.869. The molecule has 1 aliphatic rings. The van der Waals surface area contributed by atoms with Crippen molar-refractivity contribution in [1.82, 2.24) is 10.1 Å². The maximum absolute atomic E-state index is 4.18. The predicted octanol–water partition coefficient (Wildman–Crippen LogP) is 0.793. The number of hydrogen-bond donors (Lipinski definition) is 0. The molecule has 1 aromatic carbocycles. The Hall–Kier alpha value is -1.77. The van der Waals surface area contributed by atoms with Crippen molar-refractivity contribution in [3.05, 3.63) is 42.4 Å². The minimum Gasteiger partial charge on any atom is -0.232 e. The number of rotatable bonds is 0. The van der Waals surface area contributed by atoms with Crippen LogP contribution in [0.4, 0.5) is 0 Å². The number of fused-ring (bicyclic) bond motifs is 3. The van der Waals surface area contributed by atoms with E-state index in [9.17, 15) is 0 Å². The summed E-state index contributed by atoms with van der Waals surface area (Å²) in [7, 11) is 0. The van der Waals surface area contributed by atoms with Crippen LogP contribution < -0.4 is 4.68 Å². The fourth-order valence-electron chi connectivity index (χ4n) is 1.73. The standard InChI is InChI=1S/C10H8N3/c1-2-4-9-8(3-1)6-13-10(9)5-11-7-12-13/h1-5,7H,6H2/q+1. The molecule has 0 fully saturated rings. The van der Waals surface area contributed by atoms with Gasteiger partial charge in [-0.15, -0.1) is 0 Å². The molecule has 1 aliphatic heterocycles. The molecule has 0 saturated heterocycles. The Labute approximate surface area is 75.7 Å². The fraction of sp³-hybridized carbons (Fsp3) is 0.100. The highest BCUT2D eigenvalue weighted by Gasteiger charge is 2.26. The van der Waals surface area contributed by atoms with Crippen molar-refractivity contribution in [2.24, 2.45) is 0 Å². The summed E-state index contributed by atoms with van der Waals surface area (Å²) in [5.74, 6) is 0. The first-order valence-corrected chi connectivity index (χ1v) is 4.23. The Morgan fingerprint density at radius 1 is 1.23 bits per heavy atom. The summed E-state index contributed by atoms with van der Waals surface area (Å²) in [5, 5.41) is 4.18. The van der Waals surface area contributed by atoms with Crippen molar-refractivity contribution >= 4 is 0 Å². The highest BCUT2D eigenvalue weighted by molar-refractivity contribution is 5.61. The molecule has 13 heavy (non-hydrogen) atoms. The lowest BCUT2D eigenvalue weighted by molar-refractivity contribution is -0.731. The zero-order valence-electron chi connectivity index (χ0n) is 7.01. The monoisotopic (exact) mass is 170 g/mol. The van der Waals surface area contributed by atoms with E-state index in [4.69, 9.17) is 0 Å². The van der Waals surface area contributed by atoms with Gasteiger partial charge in [0.05, 0.1) is 5.56 Å². The molecular weight excluding hydrogens is 162 g/mol. The summed E-state index contributed by atoms with van der Waals surface area (Å²) in [5.41, 5.74) is 3.68. The molecule has 2 heterocycles. The van der Waals surface area contributed by atoms with Gasteiger partial charge in [-0.2, -0.15) is 0 Å². The van der Waals surface area contributed by atoms with Gasteiger partial charge in [-0.1, -0.05) is 22.9 Å². The van der Waals surface area contributed by atoms with Crippen LogP contribution in [0.3, 0.4) is 0 Å². The predicted molar refractivity (Wildman–Crippen MR) is 46.8 cm³/mol. The van der Waals surface area contributed by atoms with Gasteiger partial charge < -0.3 is 0 Å². The smallest absolute Gasteiger partial charge is 0.232 e. The van der Waals surface area contributed by atoms with Crippen LogP contribution in [0.1, 0.15) is 5.56 Å². The number of aromatic nitrogens is 3. The zero-order valence-corrected chi connectivity index (χ0v) is 7.01. The Balaban J connectivity index is 2.32. The highest BCUT2D eigenvalue weighted by Crippen LogP contribution is 2.23. The molecule has 3 heteroatoms. The van der Waals surface area contributed by atoms with E-state index in [1.807, 2.05) is 16.9 Å². The molecule has 0 amide bonds. The van der Waals surface area contributed by atoms with Crippen molar-refractivity contribution < 1.29 is 4.68 Å². The quantitative estimate of drug-likeness (QED) is 0.467. The third-order valence-corrected chi connectivity index (χ3v) is 2.35. The Morgan fingerprint density at radius 3 is 3.15 bits per heavy atom. The van der Waals surface area contributed by atoms with Crippen LogP contribution in [0.15, 0.2) is 36.8 Å². The van der Waals surface area contributed by atoms with Crippen LogP contribution in [-0.2, 0) is 6.54 Å². The van der Waals surface area contributed by atoms with Crippen LogP contribution >= 0.6 is 0 Å². The number of hydrogen-bond acceptors (Lipinski definition) is 2. The summed E-state index contributed by atoms with van der Waals surface area (Å²) in [6.45, 7) is 0.869. The highest BCUT2D eigenvalue weighted by atomic mass is 15.3. The molecule has 0 aliphatic carbocycles. The van der Waals surface area contributed by atoms with Crippen molar-refractivity contribution in [3.63, 3.8) is 0 Å². The van der Waals surface area contributed by atoms with E-state index in [0.717, 1.165) is 12.2 Å². The molecule has 0 unspecified atom stereocenters. The van der Waals surface area contributed by atoms with E-state index in [1.165, 1.54) is 11.1 Å². The molecule has 0 spiro atoms. The Kier molecular flexibility index (Phi) is 1.22. The summed E-state index contributed by atoms with van der Waals surface area (Å²) < 4.78 is 1.97. The lowest BCUT2D eigenvalue weighted by Gasteiger charge is -1.89. The lowest BCUT2D eigenvalue weighted by Crippen LogP contribution is -2.36. The molecule has 3 rings (SSSR count). The first-order chi connectivity index (χ1) is 6.45. The van der Waals surface area contributed by atoms with Crippen LogP contribution in [0.2, 0.25) is 0 Å². The molecule has 62 valence electrons. The van der Waals surface area contributed by atoms with E-state index in [2.05, 4.69) is 28.3 Å². The normalized spacial score (nSPS) is 12.3. The third-order valence-electron chi connectivity index (χ3n) is 2.35. The molecule has 0 bridgehead atoms. The summed E-state index contributed by atoms with van der Waals surface area (Å²) in [6, 6.07) is 8.34. The van der Waals surface area contributed by atoms with E-state index in [1.54, 1.807) is 6.33 Å². The maximum Gasteiger partial charge on any atom is 0.258 e. The Morgan fingerprint density at radius 2 is 2.15 bits per heavy atom. The van der Waals surface area contributed by atoms with Gasteiger partial charge in [-0.05, 0) is 6.07 Å². The zero-order chi connectivity index (χ0) is 8.67. The second-order valence-electron chi connectivity index (χ2n) is 3.11. The van der Waals surface area contributed by atoms with Gasteiger partial charge >= 0.3 is 0 Å². The minimum absolute atomic E-state index is 0.869. The van der Waals surface area contributed by atoms with Crippen LogP contribution in [0, 0.1) is 0 Å². The molecule has 0 atom stereocenters. The van der Waals surface area contributed by atoms with Crippen molar-refractivity contribution in [2.75, 3.05) is 0 Å². The van der Waals surface area contributed by atoms with E-state index in [-0.39, 0.29) is 0 Å². The van der Waals surface area contributed by atoms with Gasteiger partial charge in [-0.25, -0.2) is 4.98 Å². The molecular formula is C10H8N3+. The van der Waals surface area contributed by atoms with Gasteiger partial charge in [0.15, 0.2) is 6.33 Å². The molecule has 1 aromatic heterocycles. The van der Waals surface area contributed by atoms with Crippen LogP contribution in [0.25, 0.3) is 11.3 Å². The third kappa shape index (κ3) is 0.869. The molecule has 0 N–H and O–H groups in total. The topological polar surface area (TPSA) is 29.7 Å². The first-order valence-electron chi connectivity index (χ1n) is 4.23. The van der Waals surface area contributed by atoms with Crippen molar-refractivity contribution in [2.45, 2.75) is 6.54 Å². The molecule has 3 nitrogen and oxygen atoms in total. The summed E-state index contributed by atoms with van der Waals surface area (Å²) >= 11 is 0. The largest absolute Gasteiger partial charge is 0.258 e. The van der Waals surface area contributed by atoms with E-state index >= 15 is 0 Å². The first kappa shape index (κ1) is 6.71. The number of nitrogens with zero attached hydrogens (tertiary/aromatic N) is 3. The van der Waals surface area contributed by atoms with Crippen LogP contribution in [-0.4, -0.2) is 10.1 Å². The number of benzene rings is 1. The van der Waals surface area contributed by atoms with E-state index < -0.39 is 0 Å². The average Bonchev–Trinajstić information content (AvgIpc) is 2.56. The second kappa shape index (κ2) is 2.36. The van der Waals surface area contributed by atoms with Gasteiger partial charge in [-0.3, -0.25) is 0 Å². The van der Waals surface area contributed by atoms with Gasteiger partial charge in [0.2, 0.25) is 6.54 Å². The van der Waals surface area contributed by atoms with Crippen LogP contribution in [0.5, 0.6) is 0 Å². The summed E-state index contributed by atoms with van der Waals surface area (Å²) in [4.78, 5) is 4.02. The summed E-state index contributed by atoms with van der Waals surface area (Å²) in [6.07, 6.45) is 3.44. The van der Waals surface area contributed by atoms with Crippen molar-refractivity contribution in [3.8, 4) is 11.3 Å². The fourth-order valence-corrected chi connectivity index (χ4v) is 1.73. The second-order valence-corrected chi connectivity index (χ2v) is 3.11. The lowest BCUT2D eigenvalue weighted by atomic mass is 10.1. The van der Waals surface area contributed by atoms with Gasteiger partial charge in [0.1, 0.15) is 6.20 Å². The molecule has 0 saturated carbocycles. The molecule has 2 aromatic rings. The maximum atomic E-state index is 4.18. The average molecular weight is 170 g/mol.